The molecule has 0 radical (unpaired) electrons. The summed E-state index contributed by atoms with van der Waals surface area (Å²) in [6.45, 7) is 0.477. The maximum absolute atomic E-state index is 12.0. The quantitative estimate of drug-likeness (QED) is 0.403. The first-order chi connectivity index (χ1) is 13.2. The van der Waals surface area contributed by atoms with Crippen molar-refractivity contribution in [3.63, 3.8) is 0 Å². The molecule has 0 fully saturated rings. The second-order valence-electron chi connectivity index (χ2n) is 5.74. The van der Waals surface area contributed by atoms with E-state index in [2.05, 4.69) is 10.2 Å². The van der Waals surface area contributed by atoms with Crippen molar-refractivity contribution in [1.82, 2.24) is 19.4 Å². The van der Waals surface area contributed by atoms with Gasteiger partial charge in [0, 0.05) is 17.9 Å². The van der Waals surface area contributed by atoms with Gasteiger partial charge in [0.1, 0.15) is 5.75 Å². The zero-order chi connectivity index (χ0) is 18.8. The van der Waals surface area contributed by atoms with Crippen LogP contribution in [0.3, 0.4) is 0 Å². The van der Waals surface area contributed by atoms with Crippen molar-refractivity contribution in [3.05, 3.63) is 59.1 Å². The number of aryl methyl sites for hydroxylation is 1. The van der Waals surface area contributed by atoms with Crippen LogP contribution < -0.4 is 16.3 Å². The van der Waals surface area contributed by atoms with Crippen LogP contribution in [-0.2, 0) is 6.54 Å². The number of para-hydroxylation sites is 2. The summed E-state index contributed by atoms with van der Waals surface area (Å²) in [6, 6.07) is 14.8. The molecule has 2 aromatic carbocycles. The van der Waals surface area contributed by atoms with E-state index in [0.29, 0.717) is 28.9 Å². The van der Waals surface area contributed by atoms with Gasteiger partial charge in [-0.25, -0.2) is 9.47 Å². The minimum atomic E-state index is -0.370. The number of nitrogens with two attached hydrogens (primary N) is 1. The number of ether oxygens (including phenoxy) is 1. The van der Waals surface area contributed by atoms with Gasteiger partial charge in [-0.15, -0.1) is 10.2 Å². The van der Waals surface area contributed by atoms with Crippen LogP contribution in [0.1, 0.15) is 0 Å². The number of hydrogen-bond acceptors (Lipinski definition) is 7. The third-order valence-corrected chi connectivity index (χ3v) is 5.06. The number of nitrogen functional groups attached to an aromatic ring is 1. The predicted octanol–water partition coefficient (Wildman–Crippen LogP) is 2.37. The summed E-state index contributed by atoms with van der Waals surface area (Å²) in [5, 5.41) is 8.88. The van der Waals surface area contributed by atoms with Gasteiger partial charge in [-0.2, -0.15) is 0 Å². The number of methoxy groups -OCH3 is 1. The first-order valence-corrected chi connectivity index (χ1v) is 9.22. The Morgan fingerprint density at radius 2 is 1.93 bits per heavy atom. The summed E-state index contributed by atoms with van der Waals surface area (Å²) in [4.78, 5) is 12.0. The standard InChI is InChI=1S/C18H17N5O3S/c1-25-13-8-6-12(7-9-13)16-20-21-17(23(16)19)27-11-10-22-14-4-2-3-5-15(14)26-18(22)24/h2-9H,10-11,19H2,1H3. The Hall–Kier alpha value is -3.20. The van der Waals surface area contributed by atoms with Gasteiger partial charge in [0.05, 0.1) is 12.6 Å². The van der Waals surface area contributed by atoms with Crippen LogP contribution >= 0.6 is 11.8 Å². The lowest BCUT2D eigenvalue weighted by atomic mass is 10.2. The van der Waals surface area contributed by atoms with Gasteiger partial charge in [0.15, 0.2) is 11.4 Å². The third kappa shape index (κ3) is 3.28. The summed E-state index contributed by atoms with van der Waals surface area (Å²) in [6.07, 6.45) is 0. The molecule has 8 nitrogen and oxygen atoms in total. The largest absolute Gasteiger partial charge is 0.497 e. The first kappa shape index (κ1) is 17.2. The molecule has 27 heavy (non-hydrogen) atoms. The zero-order valence-electron chi connectivity index (χ0n) is 14.5. The van der Waals surface area contributed by atoms with Gasteiger partial charge < -0.3 is 15.0 Å². The minimum absolute atomic E-state index is 0.370. The van der Waals surface area contributed by atoms with Crippen molar-refractivity contribution < 1.29 is 9.15 Å². The molecule has 0 spiro atoms. The van der Waals surface area contributed by atoms with Crippen molar-refractivity contribution in [2.24, 2.45) is 0 Å². The second kappa shape index (κ2) is 7.20. The minimum Gasteiger partial charge on any atom is -0.497 e. The molecular formula is C18H17N5O3S. The van der Waals surface area contributed by atoms with Crippen molar-refractivity contribution in [3.8, 4) is 17.1 Å². The van der Waals surface area contributed by atoms with E-state index < -0.39 is 0 Å². The fourth-order valence-electron chi connectivity index (χ4n) is 2.77. The molecule has 4 rings (SSSR count). The molecule has 4 aromatic rings. The Morgan fingerprint density at radius 1 is 1.15 bits per heavy atom. The lowest BCUT2D eigenvalue weighted by molar-refractivity contribution is 0.415. The lowest BCUT2D eigenvalue weighted by Crippen LogP contribution is -2.16. The van der Waals surface area contributed by atoms with Crippen molar-refractivity contribution in [2.45, 2.75) is 11.7 Å². The molecule has 138 valence electrons. The van der Waals surface area contributed by atoms with Crippen LogP contribution in [0, 0.1) is 0 Å². The van der Waals surface area contributed by atoms with E-state index >= 15 is 0 Å². The van der Waals surface area contributed by atoms with Crippen LogP contribution in [0.15, 0.2) is 62.9 Å². The molecule has 0 bridgehead atoms. The number of rotatable bonds is 6. The van der Waals surface area contributed by atoms with Crippen LogP contribution in [0.5, 0.6) is 5.75 Å². The molecule has 0 saturated heterocycles. The maximum atomic E-state index is 12.0. The Morgan fingerprint density at radius 3 is 2.70 bits per heavy atom. The summed E-state index contributed by atoms with van der Waals surface area (Å²) >= 11 is 1.42. The third-order valence-electron chi connectivity index (χ3n) is 4.13. The molecule has 0 saturated carbocycles. The molecule has 0 unspecified atom stereocenters. The monoisotopic (exact) mass is 383 g/mol. The average molecular weight is 383 g/mol. The number of benzene rings is 2. The summed E-state index contributed by atoms with van der Waals surface area (Å²) in [5.74, 6) is 7.69. The van der Waals surface area contributed by atoms with Crippen molar-refractivity contribution in [1.29, 1.82) is 0 Å². The number of nitrogens with zero attached hydrogens (tertiary/aromatic N) is 4. The number of aromatic nitrogens is 4. The smallest absolute Gasteiger partial charge is 0.419 e. The molecule has 0 atom stereocenters. The fourth-order valence-corrected chi connectivity index (χ4v) is 3.55. The van der Waals surface area contributed by atoms with E-state index in [0.717, 1.165) is 16.8 Å². The van der Waals surface area contributed by atoms with E-state index in [4.69, 9.17) is 15.0 Å². The molecule has 0 amide bonds. The highest BCUT2D eigenvalue weighted by Gasteiger charge is 2.13. The van der Waals surface area contributed by atoms with Gasteiger partial charge in [0.25, 0.3) is 0 Å². The Kier molecular flexibility index (Phi) is 4.59. The normalized spacial score (nSPS) is 11.1. The Bertz CT molecular complexity index is 1130. The second-order valence-corrected chi connectivity index (χ2v) is 6.80. The number of fused-ring (bicyclic) bond motifs is 1. The van der Waals surface area contributed by atoms with Crippen LogP contribution in [0.2, 0.25) is 0 Å². The Balaban J connectivity index is 1.48. The number of hydrogen-bond donors (Lipinski definition) is 1. The Labute approximate surface area is 158 Å². The predicted molar refractivity (Wildman–Crippen MR) is 103 cm³/mol. The topological polar surface area (TPSA) is 101 Å². The summed E-state index contributed by atoms with van der Waals surface area (Å²) in [7, 11) is 1.61. The highest BCUT2D eigenvalue weighted by atomic mass is 32.2. The van der Waals surface area contributed by atoms with Crippen LogP contribution in [0.25, 0.3) is 22.5 Å². The maximum Gasteiger partial charge on any atom is 0.419 e. The van der Waals surface area contributed by atoms with E-state index in [1.165, 1.54) is 16.4 Å². The number of thioether (sulfide) groups is 1. The molecule has 2 heterocycles. The highest BCUT2D eigenvalue weighted by Crippen LogP contribution is 2.24. The molecule has 0 aliphatic rings. The van der Waals surface area contributed by atoms with Crippen LogP contribution in [0.4, 0.5) is 0 Å². The molecule has 0 aliphatic carbocycles. The average Bonchev–Trinajstić information content (AvgIpc) is 3.22. The summed E-state index contributed by atoms with van der Waals surface area (Å²) < 4.78 is 13.4. The number of oxazole rings is 1. The SMILES string of the molecule is COc1ccc(-c2nnc(SCCn3c(=O)oc4ccccc43)n2N)cc1. The zero-order valence-corrected chi connectivity index (χ0v) is 15.3. The molecule has 2 N–H and O–H groups in total. The van der Waals surface area contributed by atoms with Gasteiger partial charge >= 0.3 is 5.76 Å². The molecule has 0 aliphatic heterocycles. The van der Waals surface area contributed by atoms with E-state index in [1.54, 1.807) is 17.7 Å². The van der Waals surface area contributed by atoms with Gasteiger partial charge in [0.2, 0.25) is 5.16 Å². The van der Waals surface area contributed by atoms with Gasteiger partial charge in [-0.05, 0) is 36.4 Å². The summed E-state index contributed by atoms with van der Waals surface area (Å²) in [5.41, 5.74) is 2.20. The fraction of sp³-hybridized carbons (Fsp3) is 0.167. The van der Waals surface area contributed by atoms with E-state index in [-0.39, 0.29) is 5.76 Å². The van der Waals surface area contributed by atoms with Crippen LogP contribution in [-0.4, -0.2) is 32.3 Å². The van der Waals surface area contributed by atoms with E-state index in [1.807, 2.05) is 42.5 Å². The lowest BCUT2D eigenvalue weighted by Gasteiger charge is -2.05. The molecule has 2 aromatic heterocycles. The van der Waals surface area contributed by atoms with Crippen molar-refractivity contribution >= 4 is 22.9 Å². The molecular weight excluding hydrogens is 366 g/mol. The molecule has 9 heteroatoms. The first-order valence-electron chi connectivity index (χ1n) is 8.23. The van der Waals surface area contributed by atoms with Gasteiger partial charge in [-0.1, -0.05) is 23.9 Å². The van der Waals surface area contributed by atoms with E-state index in [9.17, 15) is 4.79 Å². The van der Waals surface area contributed by atoms with Gasteiger partial charge in [-0.3, -0.25) is 4.57 Å². The van der Waals surface area contributed by atoms with Crippen molar-refractivity contribution in [2.75, 3.05) is 18.7 Å². The highest BCUT2D eigenvalue weighted by molar-refractivity contribution is 7.99.